The van der Waals surface area contributed by atoms with Gasteiger partial charge >= 0.3 is 0 Å². The van der Waals surface area contributed by atoms with Crippen LogP contribution in [0, 0.1) is 30.1 Å². The summed E-state index contributed by atoms with van der Waals surface area (Å²) < 4.78 is 13.2. The molecule has 3 fully saturated rings. The lowest BCUT2D eigenvalue weighted by Gasteiger charge is -2.36. The largest absolute Gasteiger partial charge is 0.396 e. The van der Waals surface area contributed by atoms with E-state index in [0.717, 1.165) is 91.6 Å². The van der Waals surface area contributed by atoms with Crippen LogP contribution in [-0.4, -0.2) is 103 Å². The molecular weight excluding hydrogens is 880 g/mol. The van der Waals surface area contributed by atoms with E-state index in [0.29, 0.717) is 54.7 Å². The molecule has 65 heavy (non-hydrogen) atoms. The summed E-state index contributed by atoms with van der Waals surface area (Å²) in [5.41, 5.74) is 4.20. The fraction of sp³-hybridized carbons (Fsp3) is 0.542. The molecule has 3 aliphatic carbocycles. The topological polar surface area (TPSA) is 184 Å². The number of thiazole rings is 2. The van der Waals surface area contributed by atoms with Crippen molar-refractivity contribution in [1.29, 1.82) is 0 Å². The van der Waals surface area contributed by atoms with Gasteiger partial charge in [0.25, 0.3) is 0 Å². The first-order valence-corrected chi connectivity index (χ1v) is 24.9. The molecule has 346 valence electrons. The minimum atomic E-state index is -0.425. The number of aryl methyl sites for hydroxylation is 1. The zero-order valence-corrected chi connectivity index (χ0v) is 40.7. The lowest BCUT2D eigenvalue weighted by Crippen LogP contribution is -2.43. The van der Waals surface area contributed by atoms with Crippen molar-refractivity contribution in [2.75, 3.05) is 61.3 Å². The van der Waals surface area contributed by atoms with E-state index in [1.165, 1.54) is 0 Å². The molecule has 7 atom stereocenters. The van der Waals surface area contributed by atoms with Crippen LogP contribution in [0.2, 0.25) is 5.15 Å². The van der Waals surface area contributed by atoms with E-state index >= 15 is 0 Å². The highest BCUT2D eigenvalue weighted by molar-refractivity contribution is 7.22. The number of nitrogens with one attached hydrogen (secondary N) is 4. The van der Waals surface area contributed by atoms with Crippen LogP contribution in [0.5, 0.6) is 0 Å². The Labute approximate surface area is 393 Å². The number of anilines is 4. The zero-order valence-electron chi connectivity index (χ0n) is 38.3. The fourth-order valence-corrected chi connectivity index (χ4v) is 12.8. The van der Waals surface area contributed by atoms with Gasteiger partial charge in [0, 0.05) is 49.9 Å². The normalized spacial score (nSPS) is 26.0. The molecule has 0 spiro atoms. The molecule has 17 heteroatoms. The maximum atomic E-state index is 10.9. The van der Waals surface area contributed by atoms with E-state index in [-0.39, 0.29) is 42.0 Å². The lowest BCUT2D eigenvalue weighted by molar-refractivity contribution is 0.0870. The second kappa shape index (κ2) is 18.4. The maximum absolute atomic E-state index is 10.9. The molecule has 0 bridgehead atoms. The van der Waals surface area contributed by atoms with E-state index in [1.54, 1.807) is 29.8 Å². The van der Waals surface area contributed by atoms with Crippen molar-refractivity contribution in [1.82, 2.24) is 29.9 Å². The SMILES string of the molecule is COCCCNc1nc(Cl)c(-c2nc3cc(CC4C(CO)CCC4(C)Nc4nc(NCCOC(C)C)nc(C)c4-c4nc5ccccc5s4)ccc3s2)c(NC2(C)CCC3C(O)C32C)n1. The highest BCUT2D eigenvalue weighted by Crippen LogP contribution is 2.68. The quantitative estimate of drug-likeness (QED) is 0.0333. The number of halogens is 1. The van der Waals surface area contributed by atoms with Crippen LogP contribution in [0.4, 0.5) is 23.5 Å². The van der Waals surface area contributed by atoms with E-state index in [2.05, 4.69) is 66.3 Å². The summed E-state index contributed by atoms with van der Waals surface area (Å²) in [6.45, 7) is 15.1. The third-order valence-corrected chi connectivity index (χ3v) is 16.9. The van der Waals surface area contributed by atoms with Crippen molar-refractivity contribution in [3.05, 3.63) is 58.9 Å². The first-order valence-electron chi connectivity index (χ1n) is 22.9. The van der Waals surface area contributed by atoms with Crippen molar-refractivity contribution in [3.8, 4) is 21.1 Å². The second-order valence-electron chi connectivity index (χ2n) is 19.0. The van der Waals surface area contributed by atoms with Gasteiger partial charge < -0.3 is 41.0 Å². The summed E-state index contributed by atoms with van der Waals surface area (Å²) in [5, 5.41) is 38.1. The van der Waals surface area contributed by atoms with Gasteiger partial charge in [0.05, 0.1) is 56.1 Å². The number of aromatic nitrogens is 6. The van der Waals surface area contributed by atoms with Gasteiger partial charge in [-0.05, 0) is 121 Å². The summed E-state index contributed by atoms with van der Waals surface area (Å²) in [6.07, 6.45) is 4.85. The number of nitrogens with zero attached hydrogens (tertiary/aromatic N) is 6. The van der Waals surface area contributed by atoms with E-state index in [9.17, 15) is 10.2 Å². The van der Waals surface area contributed by atoms with Gasteiger partial charge in [0.1, 0.15) is 26.8 Å². The van der Waals surface area contributed by atoms with Crippen LogP contribution < -0.4 is 21.3 Å². The van der Waals surface area contributed by atoms with Crippen LogP contribution in [0.1, 0.15) is 78.0 Å². The zero-order chi connectivity index (χ0) is 45.7. The van der Waals surface area contributed by atoms with Crippen LogP contribution >= 0.6 is 34.3 Å². The Morgan fingerprint density at radius 1 is 0.831 bits per heavy atom. The van der Waals surface area contributed by atoms with Gasteiger partial charge in [-0.1, -0.05) is 36.7 Å². The standard InChI is InChI=1S/C48H61ClN10O4S2/c1-26(2)63-22-20-51-44-52-27(3)36(42-53-32-11-8-9-12-34(32)64-42)40(56-44)58-46(4)17-15-29(25-60)31(46)23-28-13-14-35-33(24-28)54-43(65-35)37-39(49)55-45(50-19-10-21-62-7)57-41(37)59-47(5)18-16-30-38(61)48(30,47)6/h8-9,11-14,24,26,29-31,38,60-61H,10,15-23,25H2,1-7H3,(H2,50,55,57,59)(H2,51,52,56,58). The maximum Gasteiger partial charge on any atom is 0.226 e. The number of benzene rings is 2. The average molecular weight is 942 g/mol. The molecular formula is C48H61ClN10O4S2. The first-order chi connectivity index (χ1) is 31.2. The van der Waals surface area contributed by atoms with Gasteiger partial charge in [-0.2, -0.15) is 9.97 Å². The molecule has 3 saturated carbocycles. The van der Waals surface area contributed by atoms with Gasteiger partial charge in [-0.25, -0.2) is 19.9 Å². The number of para-hydroxylation sites is 1. The van der Waals surface area contributed by atoms with E-state index in [4.69, 9.17) is 51.0 Å². The molecule has 7 unspecified atom stereocenters. The molecule has 0 radical (unpaired) electrons. The van der Waals surface area contributed by atoms with Gasteiger partial charge in [-0.3, -0.25) is 0 Å². The minimum absolute atomic E-state index is 0.0649. The molecule has 0 saturated heterocycles. The molecule has 6 N–H and O–H groups in total. The Morgan fingerprint density at radius 3 is 2.26 bits per heavy atom. The summed E-state index contributed by atoms with van der Waals surface area (Å²) >= 11 is 10.3. The highest BCUT2D eigenvalue weighted by atomic mass is 35.5. The molecule has 3 aliphatic rings. The average Bonchev–Trinajstić information content (AvgIpc) is 3.79. The highest BCUT2D eigenvalue weighted by Gasteiger charge is 2.73. The van der Waals surface area contributed by atoms with Crippen molar-refractivity contribution in [2.45, 2.75) is 103 Å². The molecule has 2 aromatic carbocycles. The smallest absolute Gasteiger partial charge is 0.226 e. The Morgan fingerprint density at radius 2 is 1.54 bits per heavy atom. The Kier molecular flexibility index (Phi) is 13.0. The molecule has 0 amide bonds. The third kappa shape index (κ3) is 8.87. The predicted octanol–water partition coefficient (Wildman–Crippen LogP) is 9.46. The van der Waals surface area contributed by atoms with Crippen LogP contribution in [0.25, 0.3) is 41.6 Å². The molecule has 9 rings (SSSR count). The van der Waals surface area contributed by atoms with E-state index in [1.807, 2.05) is 39.0 Å². The van der Waals surface area contributed by atoms with Crippen molar-refractivity contribution in [2.24, 2.45) is 23.2 Å². The molecule has 14 nitrogen and oxygen atoms in total. The molecule has 4 aromatic heterocycles. The van der Waals surface area contributed by atoms with Crippen LogP contribution in [0.15, 0.2) is 42.5 Å². The summed E-state index contributed by atoms with van der Waals surface area (Å²) in [5.74, 6) is 2.69. The van der Waals surface area contributed by atoms with Crippen LogP contribution in [-0.2, 0) is 15.9 Å². The molecule has 0 aliphatic heterocycles. The van der Waals surface area contributed by atoms with E-state index < -0.39 is 11.1 Å². The third-order valence-electron chi connectivity index (χ3n) is 14.5. The van der Waals surface area contributed by atoms with Gasteiger partial charge in [0.15, 0.2) is 0 Å². The Balaban J connectivity index is 1.02. The number of hydrogen-bond acceptors (Lipinski definition) is 16. The minimum Gasteiger partial charge on any atom is -0.396 e. The van der Waals surface area contributed by atoms with Gasteiger partial charge in [-0.15, -0.1) is 22.7 Å². The van der Waals surface area contributed by atoms with Gasteiger partial charge in [0.2, 0.25) is 11.9 Å². The predicted molar refractivity (Wildman–Crippen MR) is 263 cm³/mol. The number of aliphatic hydroxyl groups is 2. The molecule has 6 aromatic rings. The number of methoxy groups -OCH3 is 1. The number of rotatable bonds is 19. The fourth-order valence-electron chi connectivity index (χ4n) is 10.5. The first kappa shape index (κ1) is 45.8. The second-order valence-corrected chi connectivity index (χ2v) is 21.4. The summed E-state index contributed by atoms with van der Waals surface area (Å²) in [4.78, 5) is 30.0. The number of aliphatic hydroxyl groups excluding tert-OH is 2. The van der Waals surface area contributed by atoms with Crippen LogP contribution in [0.3, 0.4) is 0 Å². The van der Waals surface area contributed by atoms with Crippen molar-refractivity contribution in [3.63, 3.8) is 0 Å². The lowest BCUT2D eigenvalue weighted by atomic mass is 9.80. The number of hydrogen-bond donors (Lipinski definition) is 6. The monoisotopic (exact) mass is 940 g/mol. The Hall–Kier alpha value is -4.29. The summed E-state index contributed by atoms with van der Waals surface area (Å²) in [7, 11) is 1.69. The summed E-state index contributed by atoms with van der Waals surface area (Å²) in [6, 6.07) is 14.7. The van der Waals surface area contributed by atoms with Crippen molar-refractivity contribution >= 4 is 78.2 Å². The number of ether oxygens (including phenoxy) is 2. The van der Waals surface area contributed by atoms with Crippen molar-refractivity contribution < 1.29 is 19.7 Å². The molecule has 4 heterocycles. The number of fused-ring (bicyclic) bond motifs is 3. The Bertz CT molecular complexity index is 2650.